The van der Waals surface area contributed by atoms with E-state index in [1.54, 1.807) is 36.4 Å². The summed E-state index contributed by atoms with van der Waals surface area (Å²) in [7, 11) is 3.50. The highest BCUT2D eigenvalue weighted by Gasteiger charge is 2.17. The summed E-state index contributed by atoms with van der Waals surface area (Å²) in [6.45, 7) is 0.536. The van der Waals surface area contributed by atoms with Gasteiger partial charge in [0.25, 0.3) is 5.91 Å². The molecule has 106 valence electrons. The van der Waals surface area contributed by atoms with Gasteiger partial charge in [-0.15, -0.1) is 11.3 Å². The Morgan fingerprint density at radius 3 is 2.90 bits per heavy atom. The Labute approximate surface area is 134 Å². The van der Waals surface area contributed by atoms with Crippen molar-refractivity contribution in [2.45, 2.75) is 6.54 Å². The molecule has 0 atom stereocenters. The Kier molecular flexibility index (Phi) is 5.01. The summed E-state index contributed by atoms with van der Waals surface area (Å²) in [4.78, 5) is 18.1. The average molecular weight is 375 g/mol. The van der Waals surface area contributed by atoms with Gasteiger partial charge in [-0.2, -0.15) is 0 Å². The zero-order chi connectivity index (χ0) is 14.7. The van der Waals surface area contributed by atoms with Gasteiger partial charge >= 0.3 is 0 Å². The van der Waals surface area contributed by atoms with Crippen LogP contribution in [0.15, 0.2) is 27.5 Å². The SMILES string of the molecule is CNc1cc(C(=O)N(C)Cc2csc(Br)c2)c(Cl)cn1. The van der Waals surface area contributed by atoms with Crippen molar-refractivity contribution in [3.8, 4) is 0 Å². The van der Waals surface area contributed by atoms with Crippen molar-refractivity contribution < 1.29 is 4.79 Å². The van der Waals surface area contributed by atoms with Gasteiger partial charge in [0, 0.05) is 26.8 Å². The molecule has 0 aliphatic rings. The second-order valence-electron chi connectivity index (χ2n) is 4.22. The van der Waals surface area contributed by atoms with Gasteiger partial charge in [0.15, 0.2) is 0 Å². The van der Waals surface area contributed by atoms with E-state index in [1.165, 1.54) is 6.20 Å². The van der Waals surface area contributed by atoms with Crippen LogP contribution in [0.2, 0.25) is 5.02 Å². The van der Waals surface area contributed by atoms with E-state index in [0.717, 1.165) is 9.35 Å². The van der Waals surface area contributed by atoms with E-state index in [-0.39, 0.29) is 5.91 Å². The molecule has 2 aromatic heterocycles. The molecule has 0 spiro atoms. The Morgan fingerprint density at radius 1 is 1.55 bits per heavy atom. The fourth-order valence-electron chi connectivity index (χ4n) is 1.72. The maximum Gasteiger partial charge on any atom is 0.255 e. The van der Waals surface area contributed by atoms with Crippen LogP contribution in [0.3, 0.4) is 0 Å². The highest BCUT2D eigenvalue weighted by molar-refractivity contribution is 9.11. The smallest absolute Gasteiger partial charge is 0.255 e. The van der Waals surface area contributed by atoms with E-state index in [0.29, 0.717) is 22.9 Å². The lowest BCUT2D eigenvalue weighted by Gasteiger charge is -2.17. The largest absolute Gasteiger partial charge is 0.373 e. The average Bonchev–Trinajstić information content (AvgIpc) is 2.84. The van der Waals surface area contributed by atoms with Gasteiger partial charge < -0.3 is 10.2 Å². The number of amides is 1. The van der Waals surface area contributed by atoms with Crippen molar-refractivity contribution in [2.75, 3.05) is 19.4 Å². The van der Waals surface area contributed by atoms with Crippen LogP contribution in [-0.4, -0.2) is 29.9 Å². The number of thiophene rings is 1. The minimum absolute atomic E-state index is 0.128. The topological polar surface area (TPSA) is 45.2 Å². The third-order valence-corrected chi connectivity index (χ3v) is 4.58. The Morgan fingerprint density at radius 2 is 2.30 bits per heavy atom. The van der Waals surface area contributed by atoms with E-state index < -0.39 is 0 Å². The van der Waals surface area contributed by atoms with E-state index >= 15 is 0 Å². The summed E-state index contributed by atoms with van der Waals surface area (Å²) in [6.07, 6.45) is 1.48. The predicted octanol–water partition coefficient (Wildman–Crippen LogP) is 3.87. The minimum Gasteiger partial charge on any atom is -0.373 e. The van der Waals surface area contributed by atoms with Gasteiger partial charge in [-0.1, -0.05) is 11.6 Å². The van der Waals surface area contributed by atoms with Gasteiger partial charge in [0.05, 0.1) is 14.4 Å². The van der Waals surface area contributed by atoms with Crippen molar-refractivity contribution in [1.82, 2.24) is 9.88 Å². The Balaban J connectivity index is 2.17. The molecule has 7 heteroatoms. The number of carbonyl (C=O) groups excluding carboxylic acids is 1. The number of nitrogens with zero attached hydrogens (tertiary/aromatic N) is 2. The van der Waals surface area contributed by atoms with Crippen LogP contribution in [0.1, 0.15) is 15.9 Å². The lowest BCUT2D eigenvalue weighted by Crippen LogP contribution is -2.26. The minimum atomic E-state index is -0.128. The third kappa shape index (κ3) is 3.50. The summed E-state index contributed by atoms with van der Waals surface area (Å²) in [5.41, 5.74) is 1.53. The van der Waals surface area contributed by atoms with Crippen LogP contribution in [0.25, 0.3) is 0 Å². The van der Waals surface area contributed by atoms with Crippen LogP contribution in [0.4, 0.5) is 5.82 Å². The highest BCUT2D eigenvalue weighted by Crippen LogP contribution is 2.23. The lowest BCUT2D eigenvalue weighted by molar-refractivity contribution is 0.0785. The lowest BCUT2D eigenvalue weighted by atomic mass is 10.2. The highest BCUT2D eigenvalue weighted by atomic mass is 79.9. The molecule has 0 saturated heterocycles. The molecular weight excluding hydrogens is 362 g/mol. The monoisotopic (exact) mass is 373 g/mol. The second kappa shape index (κ2) is 6.56. The molecule has 0 unspecified atom stereocenters. The maximum atomic E-state index is 12.4. The first-order valence-corrected chi connectivity index (χ1v) is 7.88. The summed E-state index contributed by atoms with van der Waals surface area (Å²) >= 11 is 11.1. The molecule has 0 radical (unpaired) electrons. The number of nitrogens with one attached hydrogen (secondary N) is 1. The van der Waals surface area contributed by atoms with Gasteiger partial charge in [-0.3, -0.25) is 4.79 Å². The number of carbonyl (C=O) groups is 1. The van der Waals surface area contributed by atoms with Crippen LogP contribution in [0.5, 0.6) is 0 Å². The molecule has 1 amide bonds. The zero-order valence-corrected chi connectivity index (χ0v) is 14.1. The molecule has 2 rings (SSSR count). The van der Waals surface area contributed by atoms with E-state index in [9.17, 15) is 4.79 Å². The van der Waals surface area contributed by atoms with Crippen LogP contribution >= 0.6 is 38.9 Å². The third-order valence-electron chi connectivity index (χ3n) is 2.73. The summed E-state index contributed by atoms with van der Waals surface area (Å²) in [5, 5.41) is 5.27. The van der Waals surface area contributed by atoms with Crippen LogP contribution in [-0.2, 0) is 6.54 Å². The van der Waals surface area contributed by atoms with E-state index in [4.69, 9.17) is 11.6 Å². The van der Waals surface area contributed by atoms with Gasteiger partial charge in [0.1, 0.15) is 5.82 Å². The number of anilines is 1. The van der Waals surface area contributed by atoms with Crippen molar-refractivity contribution in [3.63, 3.8) is 0 Å². The van der Waals surface area contributed by atoms with E-state index in [2.05, 4.69) is 26.2 Å². The van der Waals surface area contributed by atoms with Crippen molar-refractivity contribution in [3.05, 3.63) is 43.6 Å². The fourth-order valence-corrected chi connectivity index (χ4v) is 3.10. The fraction of sp³-hybridized carbons (Fsp3) is 0.231. The van der Waals surface area contributed by atoms with Crippen molar-refractivity contribution in [2.24, 2.45) is 0 Å². The first kappa shape index (κ1) is 15.3. The van der Waals surface area contributed by atoms with E-state index in [1.807, 2.05) is 11.4 Å². The summed E-state index contributed by atoms with van der Waals surface area (Å²) < 4.78 is 1.05. The molecule has 0 bridgehead atoms. The summed E-state index contributed by atoms with van der Waals surface area (Å²) in [5.74, 6) is 0.487. The Hall–Kier alpha value is -1.11. The molecule has 0 saturated carbocycles. The number of pyridine rings is 1. The molecule has 4 nitrogen and oxygen atoms in total. The molecule has 1 N–H and O–H groups in total. The van der Waals surface area contributed by atoms with Gasteiger partial charge in [0.2, 0.25) is 0 Å². The first-order chi connectivity index (χ1) is 9.51. The number of aromatic nitrogens is 1. The number of hydrogen-bond acceptors (Lipinski definition) is 4. The normalized spacial score (nSPS) is 10.4. The second-order valence-corrected chi connectivity index (χ2v) is 6.92. The predicted molar refractivity (Wildman–Crippen MR) is 86.6 cm³/mol. The maximum absolute atomic E-state index is 12.4. The molecule has 0 aliphatic heterocycles. The van der Waals surface area contributed by atoms with Crippen molar-refractivity contribution in [1.29, 1.82) is 0 Å². The number of rotatable bonds is 4. The number of halogens is 2. The molecule has 0 fully saturated rings. The van der Waals surface area contributed by atoms with Gasteiger partial charge in [-0.25, -0.2) is 4.98 Å². The summed E-state index contributed by atoms with van der Waals surface area (Å²) in [6, 6.07) is 3.66. The molecule has 0 aliphatic carbocycles. The van der Waals surface area contributed by atoms with Gasteiger partial charge in [-0.05, 0) is 39.0 Å². The molecular formula is C13H13BrClN3OS. The molecule has 20 heavy (non-hydrogen) atoms. The Bertz CT molecular complexity index is 632. The molecule has 2 aromatic rings. The quantitative estimate of drug-likeness (QED) is 0.883. The molecule has 2 heterocycles. The first-order valence-electron chi connectivity index (χ1n) is 5.83. The van der Waals surface area contributed by atoms with Crippen LogP contribution < -0.4 is 5.32 Å². The standard InChI is InChI=1S/C13H13BrClN3OS/c1-16-12-4-9(10(15)5-17-12)13(19)18(2)6-8-3-11(14)20-7-8/h3-5,7H,6H2,1-2H3,(H,16,17). The molecule has 0 aromatic carbocycles. The van der Waals surface area contributed by atoms with Crippen LogP contribution in [0, 0.1) is 0 Å². The zero-order valence-electron chi connectivity index (χ0n) is 11.0. The van der Waals surface area contributed by atoms with Crippen molar-refractivity contribution >= 4 is 50.6 Å². The number of hydrogen-bond donors (Lipinski definition) is 1.